The Morgan fingerprint density at radius 3 is 2.83 bits per heavy atom. The fourth-order valence-electron chi connectivity index (χ4n) is 1.39. The number of aryl methyl sites for hydroxylation is 1. The molecule has 0 bridgehead atoms. The lowest BCUT2D eigenvalue weighted by atomic mass is 10.4. The quantitative estimate of drug-likeness (QED) is 0.779. The summed E-state index contributed by atoms with van der Waals surface area (Å²) in [6, 6.07) is 0. The zero-order chi connectivity index (χ0) is 13.1. The van der Waals surface area contributed by atoms with Gasteiger partial charge in [-0.05, 0) is 25.7 Å². The highest BCUT2D eigenvalue weighted by atomic mass is 32.2. The molecule has 18 heavy (non-hydrogen) atoms. The second-order valence-corrected chi connectivity index (χ2v) is 6.46. The van der Waals surface area contributed by atoms with Crippen molar-refractivity contribution in [1.29, 1.82) is 0 Å². The minimum Gasteiger partial charge on any atom is -0.477 e. The van der Waals surface area contributed by atoms with Crippen LogP contribution in [0.1, 0.15) is 28.2 Å². The molecule has 7 heteroatoms. The van der Waals surface area contributed by atoms with Crippen LogP contribution in [0.25, 0.3) is 0 Å². The summed E-state index contributed by atoms with van der Waals surface area (Å²) in [4.78, 5) is 26.7. The van der Waals surface area contributed by atoms with E-state index in [2.05, 4.69) is 10.3 Å². The van der Waals surface area contributed by atoms with Gasteiger partial charge < -0.3 is 10.4 Å². The Morgan fingerprint density at radius 1 is 1.56 bits per heavy atom. The molecule has 1 aliphatic rings. The summed E-state index contributed by atoms with van der Waals surface area (Å²) in [5, 5.41) is 11.8. The minimum absolute atomic E-state index is 0.0170. The summed E-state index contributed by atoms with van der Waals surface area (Å²) in [6.07, 6.45) is 2.42. The van der Waals surface area contributed by atoms with Gasteiger partial charge >= 0.3 is 5.97 Å². The van der Waals surface area contributed by atoms with Crippen LogP contribution in [0.2, 0.25) is 0 Å². The molecule has 0 spiro atoms. The van der Waals surface area contributed by atoms with Crippen molar-refractivity contribution in [1.82, 2.24) is 10.3 Å². The summed E-state index contributed by atoms with van der Waals surface area (Å²) in [5.41, 5.74) is 0.508. The van der Waals surface area contributed by atoms with Gasteiger partial charge in [-0.3, -0.25) is 4.79 Å². The molecule has 0 saturated heterocycles. The van der Waals surface area contributed by atoms with Gasteiger partial charge in [-0.1, -0.05) is 11.8 Å². The van der Waals surface area contributed by atoms with Crippen LogP contribution in [-0.2, 0) is 4.79 Å². The van der Waals surface area contributed by atoms with Crippen LogP contribution in [0.5, 0.6) is 0 Å². The highest BCUT2D eigenvalue weighted by molar-refractivity contribution is 8.01. The number of carbonyl (C=O) groups is 2. The minimum atomic E-state index is -0.963. The molecule has 1 aromatic heterocycles. The number of nitrogens with one attached hydrogen (secondary N) is 1. The number of aromatic carboxylic acids is 1. The van der Waals surface area contributed by atoms with Crippen LogP contribution in [0, 0.1) is 12.8 Å². The fourth-order valence-corrected chi connectivity index (χ4v) is 3.25. The third-order valence-corrected chi connectivity index (χ3v) is 4.87. The van der Waals surface area contributed by atoms with Crippen molar-refractivity contribution in [3.63, 3.8) is 0 Å². The molecule has 0 aliphatic heterocycles. The van der Waals surface area contributed by atoms with E-state index >= 15 is 0 Å². The Hall–Kier alpha value is -1.08. The van der Waals surface area contributed by atoms with Crippen LogP contribution in [0.3, 0.4) is 0 Å². The lowest BCUT2D eigenvalue weighted by Gasteiger charge is -2.01. The third-order valence-electron chi connectivity index (χ3n) is 2.58. The fraction of sp³-hybridized carbons (Fsp3) is 0.545. The number of carboxylic acid groups (broad SMARTS) is 1. The molecule has 1 aromatic rings. The van der Waals surface area contributed by atoms with E-state index in [-0.39, 0.29) is 10.8 Å². The standard InChI is InChI=1S/C11H14N2O3S2/c1-6-9(10(15)16)18-11(13-6)17-5-8(14)12-4-7-2-3-7/h7H,2-5H2,1H3,(H,12,14)(H,15,16). The molecule has 0 unspecified atom stereocenters. The zero-order valence-electron chi connectivity index (χ0n) is 9.93. The molecule has 98 valence electrons. The summed E-state index contributed by atoms with van der Waals surface area (Å²) in [5.74, 6) is -0.0232. The number of aromatic nitrogens is 1. The molecule has 1 fully saturated rings. The Kier molecular flexibility index (Phi) is 4.23. The first-order valence-corrected chi connectivity index (χ1v) is 7.46. The van der Waals surface area contributed by atoms with Gasteiger partial charge in [-0.15, -0.1) is 11.3 Å². The molecule has 2 rings (SSSR count). The summed E-state index contributed by atoms with van der Waals surface area (Å²) in [6.45, 7) is 2.42. The average molecular weight is 286 g/mol. The van der Waals surface area contributed by atoms with Gasteiger partial charge in [-0.25, -0.2) is 9.78 Å². The Morgan fingerprint density at radius 2 is 2.28 bits per heavy atom. The van der Waals surface area contributed by atoms with Gasteiger partial charge in [-0.2, -0.15) is 0 Å². The predicted octanol–water partition coefficient (Wildman–Crippen LogP) is 1.77. The Balaban J connectivity index is 1.79. The van der Waals surface area contributed by atoms with Crippen molar-refractivity contribution >= 4 is 35.0 Å². The maximum atomic E-state index is 11.5. The molecule has 0 aromatic carbocycles. The number of thiazole rings is 1. The van der Waals surface area contributed by atoms with E-state index in [9.17, 15) is 9.59 Å². The average Bonchev–Trinajstić information content (AvgIpc) is 3.06. The van der Waals surface area contributed by atoms with Gasteiger partial charge in [0.25, 0.3) is 0 Å². The zero-order valence-corrected chi connectivity index (χ0v) is 11.6. The second-order valence-electron chi connectivity index (χ2n) is 4.24. The SMILES string of the molecule is Cc1nc(SCC(=O)NCC2CC2)sc1C(=O)O. The van der Waals surface area contributed by atoms with E-state index in [0.29, 0.717) is 21.7 Å². The van der Waals surface area contributed by atoms with E-state index in [1.165, 1.54) is 24.6 Å². The maximum absolute atomic E-state index is 11.5. The molecule has 0 radical (unpaired) electrons. The van der Waals surface area contributed by atoms with Crippen molar-refractivity contribution in [2.75, 3.05) is 12.3 Å². The molecular weight excluding hydrogens is 272 g/mol. The van der Waals surface area contributed by atoms with Crippen molar-refractivity contribution in [2.45, 2.75) is 24.1 Å². The summed E-state index contributed by atoms with van der Waals surface area (Å²) in [7, 11) is 0. The first kappa shape index (κ1) is 13.4. The Bertz CT molecular complexity index is 469. The van der Waals surface area contributed by atoms with Crippen LogP contribution in [0.15, 0.2) is 4.34 Å². The van der Waals surface area contributed by atoms with Crippen molar-refractivity contribution in [3.8, 4) is 0 Å². The number of hydrogen-bond acceptors (Lipinski definition) is 5. The maximum Gasteiger partial charge on any atom is 0.347 e. The van der Waals surface area contributed by atoms with Gasteiger partial charge in [0.2, 0.25) is 5.91 Å². The van der Waals surface area contributed by atoms with Gasteiger partial charge in [0.1, 0.15) is 4.88 Å². The van der Waals surface area contributed by atoms with E-state index in [4.69, 9.17) is 5.11 Å². The lowest BCUT2D eigenvalue weighted by Crippen LogP contribution is -2.27. The number of carbonyl (C=O) groups excluding carboxylic acids is 1. The molecular formula is C11H14N2O3S2. The van der Waals surface area contributed by atoms with Gasteiger partial charge in [0.05, 0.1) is 11.4 Å². The van der Waals surface area contributed by atoms with Crippen molar-refractivity contribution < 1.29 is 14.7 Å². The second kappa shape index (κ2) is 5.71. The van der Waals surface area contributed by atoms with Crippen molar-refractivity contribution in [3.05, 3.63) is 10.6 Å². The number of carboxylic acids is 1. The predicted molar refractivity (Wildman–Crippen MR) is 70.3 cm³/mol. The normalized spacial score (nSPS) is 14.5. The third kappa shape index (κ3) is 3.71. The number of thioether (sulfide) groups is 1. The van der Waals surface area contributed by atoms with Gasteiger partial charge in [0, 0.05) is 6.54 Å². The highest BCUT2D eigenvalue weighted by Crippen LogP contribution is 2.28. The molecule has 2 N–H and O–H groups in total. The number of nitrogens with zero attached hydrogens (tertiary/aromatic N) is 1. The largest absolute Gasteiger partial charge is 0.477 e. The van der Waals surface area contributed by atoms with E-state index in [1.807, 2.05) is 0 Å². The van der Waals surface area contributed by atoms with Crippen LogP contribution < -0.4 is 5.32 Å². The first-order chi connectivity index (χ1) is 8.56. The van der Waals surface area contributed by atoms with E-state index < -0.39 is 5.97 Å². The van der Waals surface area contributed by atoms with Crippen molar-refractivity contribution in [2.24, 2.45) is 5.92 Å². The monoisotopic (exact) mass is 286 g/mol. The topological polar surface area (TPSA) is 79.3 Å². The van der Waals surface area contributed by atoms with E-state index in [1.54, 1.807) is 6.92 Å². The molecule has 0 atom stereocenters. The summed E-state index contributed by atoms with van der Waals surface area (Å²) < 4.78 is 0.631. The number of hydrogen-bond donors (Lipinski definition) is 2. The molecule has 1 heterocycles. The first-order valence-electron chi connectivity index (χ1n) is 5.66. The van der Waals surface area contributed by atoms with Crippen LogP contribution >= 0.6 is 23.1 Å². The summed E-state index contributed by atoms with van der Waals surface area (Å²) >= 11 is 2.40. The van der Waals surface area contributed by atoms with Crippen LogP contribution in [0.4, 0.5) is 0 Å². The highest BCUT2D eigenvalue weighted by Gasteiger charge is 2.21. The van der Waals surface area contributed by atoms with Gasteiger partial charge in [0.15, 0.2) is 4.34 Å². The number of amides is 1. The Labute approximate surface area is 113 Å². The molecule has 1 amide bonds. The van der Waals surface area contributed by atoms with Crippen LogP contribution in [-0.4, -0.2) is 34.3 Å². The number of rotatable bonds is 6. The lowest BCUT2D eigenvalue weighted by molar-refractivity contribution is -0.118. The molecule has 5 nitrogen and oxygen atoms in total. The van der Waals surface area contributed by atoms with E-state index in [0.717, 1.165) is 17.9 Å². The molecule has 1 aliphatic carbocycles. The molecule has 1 saturated carbocycles. The smallest absolute Gasteiger partial charge is 0.347 e.